The second kappa shape index (κ2) is 6.64. The molecule has 0 heterocycles. The molecule has 1 amide bonds. The van der Waals surface area contributed by atoms with Crippen molar-refractivity contribution in [2.24, 2.45) is 17.8 Å². The lowest BCUT2D eigenvalue weighted by Crippen LogP contribution is -2.39. The van der Waals surface area contributed by atoms with Crippen molar-refractivity contribution in [2.75, 3.05) is 0 Å². The van der Waals surface area contributed by atoms with E-state index in [1.807, 2.05) is 6.07 Å². The van der Waals surface area contributed by atoms with E-state index in [1.54, 1.807) is 24.3 Å². The molecule has 2 bridgehead atoms. The van der Waals surface area contributed by atoms with Crippen LogP contribution in [0.25, 0.3) is 6.08 Å². The molecule has 0 saturated heterocycles. The molecule has 4 atom stereocenters. The number of fused-ring (bicyclic) bond motifs is 2. The highest BCUT2D eigenvalue weighted by Crippen LogP contribution is 2.49. The highest BCUT2D eigenvalue weighted by Gasteiger charge is 2.41. The van der Waals surface area contributed by atoms with Crippen molar-refractivity contribution >= 4 is 35.2 Å². The summed E-state index contributed by atoms with van der Waals surface area (Å²) in [6.07, 6.45) is 8.66. The molecule has 2 aliphatic rings. The van der Waals surface area contributed by atoms with E-state index in [0.717, 1.165) is 17.4 Å². The van der Waals surface area contributed by atoms with Gasteiger partial charge >= 0.3 is 0 Å². The highest BCUT2D eigenvalue weighted by molar-refractivity contribution is 6.35. The van der Waals surface area contributed by atoms with Crippen LogP contribution >= 0.6 is 23.2 Å². The fourth-order valence-corrected chi connectivity index (χ4v) is 4.56. The lowest BCUT2D eigenvalue weighted by Gasteiger charge is -2.28. The number of carbonyl (C=O) groups excluding carboxylic acids is 1. The third-order valence-electron chi connectivity index (χ3n) is 5.18. The van der Waals surface area contributed by atoms with Crippen molar-refractivity contribution in [3.63, 3.8) is 0 Å². The molecule has 4 heteroatoms. The standard InChI is InChI=1S/C18H21Cl2NO/c1-11(16-9-12-2-3-14(16)8-12)21-18(22)7-5-13-4-6-15(19)10-17(13)20/h4-7,10-12,14,16H,2-3,8-9H2,1H3,(H,21,22)/b7-5+/t11-,12-,14-,16+/m0/s1. The first kappa shape index (κ1) is 15.9. The zero-order valence-electron chi connectivity index (χ0n) is 12.7. The van der Waals surface area contributed by atoms with Crippen LogP contribution in [0.4, 0.5) is 0 Å². The number of carbonyl (C=O) groups is 1. The summed E-state index contributed by atoms with van der Waals surface area (Å²) < 4.78 is 0. The van der Waals surface area contributed by atoms with Crippen LogP contribution in [0.2, 0.25) is 10.0 Å². The summed E-state index contributed by atoms with van der Waals surface area (Å²) in [5.41, 5.74) is 0.800. The van der Waals surface area contributed by atoms with Crippen LogP contribution in [-0.4, -0.2) is 11.9 Å². The normalized spacial score (nSPS) is 28.2. The third-order valence-corrected chi connectivity index (χ3v) is 5.74. The van der Waals surface area contributed by atoms with Gasteiger partial charge in [-0.05, 0) is 67.7 Å². The lowest BCUT2D eigenvalue weighted by molar-refractivity contribution is -0.117. The molecule has 2 nitrogen and oxygen atoms in total. The summed E-state index contributed by atoms with van der Waals surface area (Å²) in [5, 5.41) is 4.26. The fourth-order valence-electron chi connectivity index (χ4n) is 4.09. The Kier molecular flexibility index (Phi) is 4.79. The van der Waals surface area contributed by atoms with E-state index in [-0.39, 0.29) is 11.9 Å². The first-order valence-corrected chi connectivity index (χ1v) is 8.72. The smallest absolute Gasteiger partial charge is 0.244 e. The van der Waals surface area contributed by atoms with Gasteiger partial charge in [0.15, 0.2) is 0 Å². The molecule has 1 N–H and O–H groups in total. The molecule has 2 aliphatic carbocycles. The SMILES string of the molecule is C[C@H](NC(=O)/C=C/c1ccc(Cl)cc1Cl)[C@H]1C[C@H]2CC[C@H]1C2. The van der Waals surface area contributed by atoms with Gasteiger partial charge in [0.2, 0.25) is 5.91 Å². The largest absolute Gasteiger partial charge is 0.350 e. The van der Waals surface area contributed by atoms with Gasteiger partial charge in [0.1, 0.15) is 0 Å². The number of rotatable bonds is 4. The topological polar surface area (TPSA) is 29.1 Å². The Morgan fingerprint density at radius 3 is 2.77 bits per heavy atom. The van der Waals surface area contributed by atoms with E-state index in [1.165, 1.54) is 25.7 Å². The minimum Gasteiger partial charge on any atom is -0.350 e. The number of nitrogens with one attached hydrogen (secondary N) is 1. The molecule has 2 fully saturated rings. The predicted molar refractivity (Wildman–Crippen MR) is 92.0 cm³/mol. The second-order valence-electron chi connectivity index (χ2n) is 6.64. The van der Waals surface area contributed by atoms with E-state index >= 15 is 0 Å². The summed E-state index contributed by atoms with van der Waals surface area (Å²) >= 11 is 12.0. The summed E-state index contributed by atoms with van der Waals surface area (Å²) in [4.78, 5) is 12.1. The molecular weight excluding hydrogens is 317 g/mol. The van der Waals surface area contributed by atoms with Gasteiger partial charge in [-0.1, -0.05) is 35.7 Å². The maximum Gasteiger partial charge on any atom is 0.244 e. The lowest BCUT2D eigenvalue weighted by atomic mass is 9.84. The zero-order chi connectivity index (χ0) is 15.7. The van der Waals surface area contributed by atoms with Crippen molar-refractivity contribution in [3.8, 4) is 0 Å². The maximum atomic E-state index is 12.1. The van der Waals surface area contributed by atoms with Crippen molar-refractivity contribution in [3.05, 3.63) is 39.9 Å². The molecule has 1 aromatic carbocycles. The van der Waals surface area contributed by atoms with E-state index in [0.29, 0.717) is 16.0 Å². The van der Waals surface area contributed by atoms with Crippen LogP contribution in [-0.2, 0) is 4.79 Å². The number of amides is 1. The summed E-state index contributed by atoms with van der Waals surface area (Å²) in [7, 11) is 0. The summed E-state index contributed by atoms with van der Waals surface area (Å²) in [6, 6.07) is 5.50. The Hall–Kier alpha value is -0.990. The van der Waals surface area contributed by atoms with Gasteiger partial charge in [-0.3, -0.25) is 4.79 Å². The molecule has 3 rings (SSSR count). The van der Waals surface area contributed by atoms with Crippen molar-refractivity contribution in [2.45, 2.75) is 38.6 Å². The quantitative estimate of drug-likeness (QED) is 0.774. The molecule has 0 aromatic heterocycles. The molecule has 0 radical (unpaired) electrons. The Morgan fingerprint density at radius 2 is 2.14 bits per heavy atom. The average Bonchev–Trinajstić information content (AvgIpc) is 3.09. The maximum absolute atomic E-state index is 12.1. The van der Waals surface area contributed by atoms with Gasteiger partial charge in [0.25, 0.3) is 0 Å². The van der Waals surface area contributed by atoms with Gasteiger partial charge in [-0.15, -0.1) is 0 Å². The minimum absolute atomic E-state index is 0.0544. The van der Waals surface area contributed by atoms with Gasteiger partial charge in [-0.25, -0.2) is 0 Å². The summed E-state index contributed by atoms with van der Waals surface area (Å²) in [6.45, 7) is 2.13. The van der Waals surface area contributed by atoms with E-state index in [2.05, 4.69) is 12.2 Å². The predicted octanol–water partition coefficient (Wildman–Crippen LogP) is 4.95. The molecule has 118 valence electrons. The molecule has 1 aromatic rings. The summed E-state index contributed by atoms with van der Waals surface area (Å²) in [5.74, 6) is 2.31. The fraction of sp³-hybridized carbons (Fsp3) is 0.500. The first-order chi connectivity index (χ1) is 10.5. The molecule has 0 spiro atoms. The van der Waals surface area contributed by atoms with Crippen LogP contribution in [0.5, 0.6) is 0 Å². The Labute approximate surface area is 141 Å². The second-order valence-corrected chi connectivity index (χ2v) is 7.48. The van der Waals surface area contributed by atoms with Crippen LogP contribution in [0.1, 0.15) is 38.2 Å². The van der Waals surface area contributed by atoms with E-state index in [4.69, 9.17) is 23.2 Å². The minimum atomic E-state index is -0.0544. The van der Waals surface area contributed by atoms with Gasteiger partial charge < -0.3 is 5.32 Å². The number of hydrogen-bond acceptors (Lipinski definition) is 1. The highest BCUT2D eigenvalue weighted by atomic mass is 35.5. The number of halogens is 2. The monoisotopic (exact) mass is 337 g/mol. The van der Waals surface area contributed by atoms with Crippen molar-refractivity contribution in [1.82, 2.24) is 5.32 Å². The van der Waals surface area contributed by atoms with Gasteiger partial charge in [0, 0.05) is 22.2 Å². The van der Waals surface area contributed by atoms with Gasteiger partial charge in [0.05, 0.1) is 0 Å². The Balaban J connectivity index is 1.56. The van der Waals surface area contributed by atoms with Crippen LogP contribution in [0.15, 0.2) is 24.3 Å². The van der Waals surface area contributed by atoms with E-state index < -0.39 is 0 Å². The number of hydrogen-bond donors (Lipinski definition) is 1. The molecule has 0 unspecified atom stereocenters. The van der Waals surface area contributed by atoms with Crippen molar-refractivity contribution < 1.29 is 4.79 Å². The van der Waals surface area contributed by atoms with Crippen LogP contribution in [0, 0.1) is 17.8 Å². The van der Waals surface area contributed by atoms with Crippen molar-refractivity contribution in [1.29, 1.82) is 0 Å². The molecule has 22 heavy (non-hydrogen) atoms. The van der Waals surface area contributed by atoms with Crippen LogP contribution < -0.4 is 5.32 Å². The van der Waals surface area contributed by atoms with E-state index in [9.17, 15) is 4.79 Å². The Morgan fingerprint density at radius 1 is 1.32 bits per heavy atom. The molecule has 2 saturated carbocycles. The Bertz CT molecular complexity index is 599. The third kappa shape index (κ3) is 3.49. The average molecular weight is 338 g/mol. The van der Waals surface area contributed by atoms with Gasteiger partial charge in [-0.2, -0.15) is 0 Å². The molecule has 0 aliphatic heterocycles. The first-order valence-electron chi connectivity index (χ1n) is 7.96. The zero-order valence-corrected chi connectivity index (χ0v) is 14.2. The van der Waals surface area contributed by atoms with Crippen LogP contribution in [0.3, 0.4) is 0 Å². The number of benzene rings is 1. The molecular formula is C18H21Cl2NO.